The van der Waals surface area contributed by atoms with Crippen LogP contribution in [-0.4, -0.2) is 55.0 Å². The summed E-state index contributed by atoms with van der Waals surface area (Å²) in [5, 5.41) is 22.4. The summed E-state index contributed by atoms with van der Waals surface area (Å²) >= 11 is 0. The van der Waals surface area contributed by atoms with E-state index in [0.717, 1.165) is 25.5 Å². The number of amides is 1. The summed E-state index contributed by atoms with van der Waals surface area (Å²) in [6, 6.07) is 3.52. The van der Waals surface area contributed by atoms with Crippen molar-refractivity contribution in [2.45, 2.75) is 50.9 Å². The highest BCUT2D eigenvalue weighted by Crippen LogP contribution is 2.27. The van der Waals surface area contributed by atoms with E-state index < -0.39 is 23.5 Å². The number of nitrogens with zero attached hydrogens (tertiary/aromatic N) is 4. The van der Waals surface area contributed by atoms with Crippen molar-refractivity contribution in [1.82, 2.24) is 24.9 Å². The van der Waals surface area contributed by atoms with Crippen LogP contribution in [0.4, 0.5) is 26.1 Å². The predicted octanol–water partition coefficient (Wildman–Crippen LogP) is 2.81. The van der Waals surface area contributed by atoms with Gasteiger partial charge in [0.2, 0.25) is 0 Å². The molecule has 0 bridgehead atoms. The monoisotopic (exact) mass is 445 g/mol. The minimum atomic E-state index is -1.62. The Balaban J connectivity index is 1.54. The molecule has 0 aliphatic heterocycles. The molecule has 1 unspecified atom stereocenters. The molecule has 11 heteroatoms. The summed E-state index contributed by atoms with van der Waals surface area (Å²) in [6.45, 7) is 2.36. The van der Waals surface area contributed by atoms with Crippen LogP contribution < -0.4 is 16.0 Å². The number of hydrogen-bond donors (Lipinski definition) is 4. The Kier molecular flexibility index (Phi) is 5.92. The molecule has 0 radical (unpaired) electrons. The van der Waals surface area contributed by atoms with Gasteiger partial charge in [0.25, 0.3) is 5.91 Å². The number of alkyl halides is 1. The lowest BCUT2D eigenvalue weighted by molar-refractivity contribution is -0.00177. The zero-order valence-electron chi connectivity index (χ0n) is 17.8. The molecule has 1 atom stereocenters. The topological polar surface area (TPSA) is 116 Å². The molecule has 1 fully saturated rings. The lowest BCUT2D eigenvalue weighted by Gasteiger charge is -2.28. The Morgan fingerprint density at radius 1 is 1.34 bits per heavy atom. The van der Waals surface area contributed by atoms with Crippen molar-refractivity contribution in [2.24, 2.45) is 0 Å². The number of carbonyl (C=O) groups excluding carboxylic acids is 1. The van der Waals surface area contributed by atoms with Crippen molar-refractivity contribution in [3.05, 3.63) is 42.1 Å². The highest BCUT2D eigenvalue weighted by atomic mass is 19.1. The Morgan fingerprint density at radius 3 is 2.81 bits per heavy atom. The lowest BCUT2D eigenvalue weighted by atomic mass is 9.92. The lowest BCUT2D eigenvalue weighted by Crippen LogP contribution is -2.42. The van der Waals surface area contributed by atoms with Gasteiger partial charge in [-0.1, -0.05) is 0 Å². The molecule has 170 valence electrons. The van der Waals surface area contributed by atoms with Crippen molar-refractivity contribution in [3.63, 3.8) is 0 Å². The van der Waals surface area contributed by atoms with Crippen LogP contribution in [0.25, 0.3) is 5.65 Å². The summed E-state index contributed by atoms with van der Waals surface area (Å²) in [7, 11) is 0. The van der Waals surface area contributed by atoms with Gasteiger partial charge in [0.15, 0.2) is 11.5 Å². The number of anilines is 3. The third-order valence-corrected chi connectivity index (χ3v) is 5.40. The number of rotatable bonds is 8. The van der Waals surface area contributed by atoms with Crippen LogP contribution >= 0.6 is 0 Å². The van der Waals surface area contributed by atoms with Crippen molar-refractivity contribution in [2.75, 3.05) is 17.2 Å². The Hall–Kier alpha value is -3.34. The first-order valence-corrected chi connectivity index (χ1v) is 10.4. The highest BCUT2D eigenvalue weighted by molar-refractivity contribution is 5.99. The number of halogens is 2. The SMILES string of the molecule is CC(C)(O)C(F)CNC(=O)c1cnc(Nc2ccn3ncc(F)c3n2)cc1NC1CCC1. The number of aromatic nitrogens is 4. The van der Waals surface area contributed by atoms with Gasteiger partial charge in [0.05, 0.1) is 29.6 Å². The molecule has 9 nitrogen and oxygen atoms in total. The van der Waals surface area contributed by atoms with E-state index in [-0.39, 0.29) is 23.8 Å². The maximum atomic E-state index is 14.0. The third-order valence-electron chi connectivity index (χ3n) is 5.40. The third kappa shape index (κ3) is 4.77. The second kappa shape index (κ2) is 8.65. The quantitative estimate of drug-likeness (QED) is 0.421. The van der Waals surface area contributed by atoms with Gasteiger partial charge < -0.3 is 21.1 Å². The normalized spacial score (nSPS) is 15.3. The highest BCUT2D eigenvalue weighted by Gasteiger charge is 2.27. The van der Waals surface area contributed by atoms with E-state index in [0.29, 0.717) is 17.3 Å². The van der Waals surface area contributed by atoms with Crippen molar-refractivity contribution >= 4 is 28.9 Å². The summed E-state index contributed by atoms with van der Waals surface area (Å²) in [5.41, 5.74) is -0.683. The molecule has 0 saturated heterocycles. The van der Waals surface area contributed by atoms with E-state index in [1.54, 1.807) is 18.3 Å². The first-order valence-electron chi connectivity index (χ1n) is 10.4. The van der Waals surface area contributed by atoms with E-state index in [2.05, 4.69) is 31.0 Å². The molecule has 0 spiro atoms. The molecule has 4 N–H and O–H groups in total. The van der Waals surface area contributed by atoms with Crippen LogP contribution in [0.2, 0.25) is 0 Å². The number of carbonyl (C=O) groups is 1. The van der Waals surface area contributed by atoms with E-state index in [1.165, 1.54) is 24.6 Å². The summed E-state index contributed by atoms with van der Waals surface area (Å²) in [5.74, 6) is -0.279. The van der Waals surface area contributed by atoms with Crippen LogP contribution in [0.3, 0.4) is 0 Å². The summed E-state index contributed by atoms with van der Waals surface area (Å²) < 4.78 is 29.1. The number of nitrogens with one attached hydrogen (secondary N) is 3. The smallest absolute Gasteiger partial charge is 0.255 e. The average molecular weight is 445 g/mol. The zero-order valence-corrected chi connectivity index (χ0v) is 17.8. The van der Waals surface area contributed by atoms with Crippen LogP contribution in [0.5, 0.6) is 0 Å². The van der Waals surface area contributed by atoms with Gasteiger partial charge in [-0.25, -0.2) is 23.3 Å². The Bertz CT molecular complexity index is 1130. The first-order chi connectivity index (χ1) is 15.2. The Morgan fingerprint density at radius 2 is 2.12 bits per heavy atom. The zero-order chi connectivity index (χ0) is 22.9. The van der Waals surface area contributed by atoms with Crippen LogP contribution in [-0.2, 0) is 0 Å². The van der Waals surface area contributed by atoms with Gasteiger partial charge in [0.1, 0.15) is 17.8 Å². The van der Waals surface area contributed by atoms with Crippen molar-refractivity contribution < 1.29 is 18.7 Å². The van der Waals surface area contributed by atoms with E-state index >= 15 is 0 Å². The standard InChI is InChI=1S/C21H25F2N7O2/c1-21(2,32)16(23)11-25-20(31)13-9-24-18(8-15(13)27-12-4-3-5-12)28-17-6-7-30-19(29-17)14(22)10-26-30/h6-10,12,16,32H,3-5,11H2,1-2H3,(H,25,31)(H2,24,27,28,29). The fraction of sp³-hybridized carbons (Fsp3) is 0.429. The number of fused-ring (bicyclic) bond motifs is 1. The second-order valence-corrected chi connectivity index (χ2v) is 8.42. The van der Waals surface area contributed by atoms with E-state index in [9.17, 15) is 18.7 Å². The minimum Gasteiger partial charge on any atom is -0.387 e. The summed E-state index contributed by atoms with van der Waals surface area (Å²) in [4.78, 5) is 21.1. The van der Waals surface area contributed by atoms with Crippen LogP contribution in [0.15, 0.2) is 30.7 Å². The van der Waals surface area contributed by atoms with Gasteiger partial charge >= 0.3 is 0 Å². The molecular formula is C21H25F2N7O2. The molecule has 1 aliphatic rings. The molecule has 0 aromatic carbocycles. The van der Waals surface area contributed by atoms with Gasteiger partial charge in [-0.15, -0.1) is 0 Å². The van der Waals surface area contributed by atoms with Gasteiger partial charge in [-0.3, -0.25) is 4.79 Å². The van der Waals surface area contributed by atoms with Gasteiger partial charge in [-0.05, 0) is 39.2 Å². The molecule has 4 rings (SSSR count). The van der Waals surface area contributed by atoms with Crippen molar-refractivity contribution in [1.29, 1.82) is 0 Å². The van der Waals surface area contributed by atoms with E-state index in [4.69, 9.17) is 0 Å². The number of aliphatic hydroxyl groups is 1. The predicted molar refractivity (Wildman–Crippen MR) is 115 cm³/mol. The fourth-order valence-corrected chi connectivity index (χ4v) is 3.17. The van der Waals surface area contributed by atoms with Crippen LogP contribution in [0.1, 0.15) is 43.5 Å². The molecule has 1 aliphatic carbocycles. The minimum absolute atomic E-state index is 0.0754. The fourth-order valence-electron chi connectivity index (χ4n) is 3.17. The van der Waals surface area contributed by atoms with Crippen LogP contribution in [0, 0.1) is 5.82 Å². The summed E-state index contributed by atoms with van der Waals surface area (Å²) in [6.07, 6.45) is 5.48. The van der Waals surface area contributed by atoms with Gasteiger partial charge in [-0.2, -0.15) is 5.10 Å². The molecule has 3 aromatic heterocycles. The molecule has 32 heavy (non-hydrogen) atoms. The molecule has 3 heterocycles. The first kappa shape index (κ1) is 21.9. The molecule has 1 amide bonds. The molecular weight excluding hydrogens is 420 g/mol. The average Bonchev–Trinajstić information content (AvgIpc) is 3.08. The maximum Gasteiger partial charge on any atom is 0.255 e. The maximum absolute atomic E-state index is 14.0. The van der Waals surface area contributed by atoms with Gasteiger partial charge in [0, 0.05) is 24.5 Å². The number of pyridine rings is 1. The molecule has 1 saturated carbocycles. The Labute approximate surface area is 183 Å². The van der Waals surface area contributed by atoms with Crippen molar-refractivity contribution in [3.8, 4) is 0 Å². The van der Waals surface area contributed by atoms with E-state index in [1.807, 2.05) is 0 Å². The number of hydrogen-bond acceptors (Lipinski definition) is 7. The molecule has 3 aromatic rings. The largest absolute Gasteiger partial charge is 0.387 e. The second-order valence-electron chi connectivity index (χ2n) is 8.42.